The number of hydrogen-bond donors (Lipinski definition) is 0. The predicted molar refractivity (Wildman–Crippen MR) is 75.4 cm³/mol. The lowest BCUT2D eigenvalue weighted by Crippen LogP contribution is -2.58. The number of hydrogen-bond acceptors (Lipinski definition) is 10. The molecule has 0 heterocycles. The summed E-state index contributed by atoms with van der Waals surface area (Å²) in [6.07, 6.45) is 0.320. The van der Waals surface area contributed by atoms with Gasteiger partial charge in [0.25, 0.3) is 5.24 Å². The van der Waals surface area contributed by atoms with Gasteiger partial charge in [-0.15, -0.1) is 0 Å². The van der Waals surface area contributed by atoms with Gasteiger partial charge in [-0.05, 0) is 6.42 Å². The molecule has 0 saturated heterocycles. The van der Waals surface area contributed by atoms with Crippen LogP contribution in [0.4, 0.5) is 13.6 Å². The maximum atomic E-state index is 13.9. The Balaban J connectivity index is 5.83. The van der Waals surface area contributed by atoms with Gasteiger partial charge in [0, 0.05) is 5.75 Å². The maximum absolute atomic E-state index is 13.9. The highest BCUT2D eigenvalue weighted by atomic mass is 32.2. The van der Waals surface area contributed by atoms with Crippen LogP contribution in [0.15, 0.2) is 0 Å². The largest absolute Gasteiger partial charge is 0.631 e. The number of halogens is 2. The molecule has 0 aliphatic carbocycles. The molecule has 0 rings (SSSR count). The SMILES string of the molecule is CCCSC(=O)N(CC(F)([N+](=O)[O-])[N+](=O)[O-])CC(F)([N+](=O)[O-])[N+](=O)[O-]. The Hall–Kier alpha value is -2.72. The number of alkyl halides is 2. The minimum Gasteiger partial charge on any atom is -0.299 e. The monoisotopic (exact) mass is 391 g/mol. The van der Waals surface area contributed by atoms with Crippen LogP contribution < -0.4 is 0 Å². The molecular formula is C8H11F2N5O9S. The van der Waals surface area contributed by atoms with E-state index in [1.807, 2.05) is 0 Å². The van der Waals surface area contributed by atoms with Gasteiger partial charge in [-0.25, -0.2) is 0 Å². The molecule has 0 aromatic rings. The fourth-order valence-corrected chi connectivity index (χ4v) is 2.01. The Morgan fingerprint density at radius 3 is 1.48 bits per heavy atom. The normalized spacial score (nSPS) is 11.6. The molecule has 0 radical (unpaired) electrons. The van der Waals surface area contributed by atoms with Crippen molar-refractivity contribution in [2.45, 2.75) is 25.2 Å². The van der Waals surface area contributed by atoms with Gasteiger partial charge in [-0.1, -0.05) is 27.5 Å². The van der Waals surface area contributed by atoms with Crippen molar-refractivity contribution in [3.05, 3.63) is 40.5 Å². The molecule has 0 spiro atoms. The average molecular weight is 391 g/mol. The van der Waals surface area contributed by atoms with E-state index in [4.69, 9.17) is 0 Å². The first-order valence-corrected chi connectivity index (χ1v) is 7.19. The molecule has 1 amide bonds. The molecule has 0 saturated carbocycles. The number of amides is 1. The molecule has 17 heteroatoms. The summed E-state index contributed by atoms with van der Waals surface area (Å²) in [5.41, 5.74) is 0. The van der Waals surface area contributed by atoms with Crippen LogP contribution in [0.25, 0.3) is 0 Å². The predicted octanol–water partition coefficient (Wildman–Crippen LogP) is 0.905. The van der Waals surface area contributed by atoms with Crippen LogP contribution in [0.1, 0.15) is 13.3 Å². The number of carbonyl (C=O) groups excluding carboxylic acids is 1. The standard InChI is InChI=1S/C8H11F2N5O9S/c1-2-3-25-6(16)11(4-7(9,12(17)18)13(19)20)5-8(10,14(21)22)15(23)24/h2-5H2,1H3. The van der Waals surface area contributed by atoms with Gasteiger partial charge in [-0.2, -0.15) is 0 Å². The molecule has 142 valence electrons. The molecule has 0 aromatic heterocycles. The summed E-state index contributed by atoms with van der Waals surface area (Å²) in [6.45, 7) is -2.56. The first-order chi connectivity index (χ1) is 11.3. The average Bonchev–Trinajstić information content (AvgIpc) is 2.50. The fourth-order valence-electron chi connectivity index (χ4n) is 1.32. The first kappa shape index (κ1) is 22.3. The van der Waals surface area contributed by atoms with Crippen LogP contribution in [0.2, 0.25) is 0 Å². The molecule has 0 bridgehead atoms. The third kappa shape index (κ3) is 5.13. The van der Waals surface area contributed by atoms with Crippen molar-refractivity contribution in [2.75, 3.05) is 18.8 Å². The van der Waals surface area contributed by atoms with Crippen LogP contribution in [-0.2, 0) is 0 Å². The third-order valence-electron chi connectivity index (χ3n) is 2.59. The minimum atomic E-state index is -4.53. The van der Waals surface area contributed by atoms with Crippen LogP contribution >= 0.6 is 11.8 Å². The quantitative estimate of drug-likeness (QED) is 0.223. The molecule has 0 aromatic carbocycles. The van der Waals surface area contributed by atoms with Crippen LogP contribution in [-0.4, -0.2) is 60.5 Å². The maximum Gasteiger partial charge on any atom is 0.631 e. The van der Waals surface area contributed by atoms with Gasteiger partial charge in [0.2, 0.25) is 13.1 Å². The topological polar surface area (TPSA) is 193 Å². The molecule has 0 aliphatic heterocycles. The van der Waals surface area contributed by atoms with Crippen LogP contribution in [0, 0.1) is 40.5 Å². The van der Waals surface area contributed by atoms with Crippen molar-refractivity contribution in [1.82, 2.24) is 4.90 Å². The van der Waals surface area contributed by atoms with Gasteiger partial charge < -0.3 is 0 Å². The second kappa shape index (κ2) is 8.40. The van der Waals surface area contributed by atoms with Crippen molar-refractivity contribution in [1.29, 1.82) is 0 Å². The Morgan fingerprint density at radius 2 is 1.24 bits per heavy atom. The van der Waals surface area contributed by atoms with Crippen molar-refractivity contribution in [2.24, 2.45) is 0 Å². The second-order valence-corrected chi connectivity index (χ2v) is 5.48. The van der Waals surface area contributed by atoms with E-state index in [0.29, 0.717) is 6.42 Å². The zero-order chi connectivity index (χ0) is 20.0. The smallest absolute Gasteiger partial charge is 0.299 e. The Bertz CT molecular complexity index is 522. The summed E-state index contributed by atoms with van der Waals surface area (Å²) < 4.78 is 27.8. The molecule has 0 aliphatic rings. The lowest BCUT2D eigenvalue weighted by atomic mass is 10.3. The fraction of sp³-hybridized carbons (Fsp3) is 0.875. The lowest BCUT2D eigenvalue weighted by molar-refractivity contribution is -0.836. The van der Waals surface area contributed by atoms with Crippen molar-refractivity contribution < 1.29 is 33.3 Å². The minimum absolute atomic E-state index is 0.0121. The second-order valence-electron chi connectivity index (χ2n) is 4.44. The van der Waals surface area contributed by atoms with Gasteiger partial charge in [0.1, 0.15) is 19.7 Å². The number of carbonyl (C=O) groups is 1. The van der Waals surface area contributed by atoms with Gasteiger partial charge in [0.15, 0.2) is 0 Å². The van der Waals surface area contributed by atoms with Crippen LogP contribution in [0.3, 0.4) is 0 Å². The molecular weight excluding hydrogens is 380 g/mol. The molecule has 0 N–H and O–H groups in total. The van der Waals surface area contributed by atoms with Crippen molar-refractivity contribution >= 4 is 17.0 Å². The van der Waals surface area contributed by atoms with E-state index in [2.05, 4.69) is 0 Å². The highest BCUT2D eigenvalue weighted by Crippen LogP contribution is 2.23. The Morgan fingerprint density at radius 1 is 0.920 bits per heavy atom. The summed E-state index contributed by atoms with van der Waals surface area (Å²) in [5, 5.41) is 40.8. The van der Waals surface area contributed by atoms with E-state index in [9.17, 15) is 54.0 Å². The zero-order valence-corrected chi connectivity index (χ0v) is 13.2. The highest BCUT2D eigenvalue weighted by Gasteiger charge is 2.65. The van der Waals surface area contributed by atoms with E-state index >= 15 is 0 Å². The van der Waals surface area contributed by atoms with Gasteiger partial charge >= 0.3 is 11.8 Å². The summed E-state index contributed by atoms with van der Waals surface area (Å²) in [6, 6.07) is 0. The number of nitro groups is 4. The zero-order valence-electron chi connectivity index (χ0n) is 12.4. The number of nitrogens with zero attached hydrogens (tertiary/aromatic N) is 5. The van der Waals surface area contributed by atoms with Gasteiger partial charge in [-0.3, -0.25) is 50.2 Å². The first-order valence-electron chi connectivity index (χ1n) is 6.20. The molecule has 0 fully saturated rings. The molecule has 0 atom stereocenters. The van der Waals surface area contributed by atoms with E-state index in [0.717, 1.165) is 0 Å². The Labute approximate surface area is 140 Å². The third-order valence-corrected chi connectivity index (χ3v) is 3.71. The molecule has 14 nitrogen and oxygen atoms in total. The molecule has 25 heavy (non-hydrogen) atoms. The number of thioether (sulfide) groups is 1. The van der Waals surface area contributed by atoms with E-state index in [-0.39, 0.29) is 22.4 Å². The summed E-state index contributed by atoms with van der Waals surface area (Å²) in [4.78, 5) is 45.5. The highest BCUT2D eigenvalue weighted by molar-refractivity contribution is 8.13. The van der Waals surface area contributed by atoms with Crippen molar-refractivity contribution in [3.63, 3.8) is 0 Å². The lowest BCUT2D eigenvalue weighted by Gasteiger charge is -2.22. The van der Waals surface area contributed by atoms with Gasteiger partial charge in [0.05, 0.1) is 0 Å². The summed E-state index contributed by atoms with van der Waals surface area (Å²) in [5.74, 6) is -9.07. The summed E-state index contributed by atoms with van der Waals surface area (Å²) in [7, 11) is 0. The van der Waals surface area contributed by atoms with E-state index < -0.39 is 49.9 Å². The number of rotatable bonds is 10. The van der Waals surface area contributed by atoms with Crippen LogP contribution in [0.5, 0.6) is 0 Å². The van der Waals surface area contributed by atoms with E-state index in [1.165, 1.54) is 0 Å². The van der Waals surface area contributed by atoms with E-state index in [1.54, 1.807) is 6.92 Å². The summed E-state index contributed by atoms with van der Waals surface area (Å²) >= 11 is 0.276. The van der Waals surface area contributed by atoms with Crippen molar-refractivity contribution in [3.8, 4) is 0 Å². The molecule has 0 unspecified atom stereocenters. The Kier molecular flexibility index (Phi) is 7.49.